The van der Waals surface area contributed by atoms with E-state index in [1.807, 2.05) is 20.8 Å². The quantitative estimate of drug-likeness (QED) is 0.723. The molecule has 2 atom stereocenters. The Morgan fingerprint density at radius 3 is 2.35 bits per heavy atom. The summed E-state index contributed by atoms with van der Waals surface area (Å²) in [5.41, 5.74) is -0.337. The maximum atomic E-state index is 12.3. The molecule has 1 aliphatic rings. The van der Waals surface area contributed by atoms with Gasteiger partial charge in [-0.05, 0) is 11.8 Å². The van der Waals surface area contributed by atoms with Crippen molar-refractivity contribution in [3.63, 3.8) is 0 Å². The SMILES string of the molecule is CC(=O)N[C@H](C(=O)N1CC[C@@H](O)C1)C(C)(C)C. The normalized spacial score (nSPS) is 22.4. The van der Waals surface area contributed by atoms with E-state index in [2.05, 4.69) is 5.32 Å². The van der Waals surface area contributed by atoms with Gasteiger partial charge in [-0.25, -0.2) is 0 Å². The summed E-state index contributed by atoms with van der Waals surface area (Å²) in [6.45, 7) is 8.08. The Morgan fingerprint density at radius 2 is 2.00 bits per heavy atom. The standard InChI is InChI=1S/C12H22N2O3/c1-8(15)13-10(12(2,3)4)11(17)14-6-5-9(16)7-14/h9-10,16H,5-7H2,1-4H3,(H,13,15)/t9-,10-/m1/s1. The molecular weight excluding hydrogens is 220 g/mol. The Labute approximate surface area is 102 Å². The van der Waals surface area contributed by atoms with E-state index in [9.17, 15) is 14.7 Å². The summed E-state index contributed by atoms with van der Waals surface area (Å²) in [5.74, 6) is -0.317. The highest BCUT2D eigenvalue weighted by Crippen LogP contribution is 2.23. The molecule has 0 aliphatic carbocycles. The van der Waals surface area contributed by atoms with Crippen molar-refractivity contribution in [2.45, 2.75) is 46.3 Å². The smallest absolute Gasteiger partial charge is 0.245 e. The zero-order valence-corrected chi connectivity index (χ0v) is 11.0. The van der Waals surface area contributed by atoms with Crippen molar-refractivity contribution in [1.82, 2.24) is 10.2 Å². The average Bonchev–Trinajstić information content (AvgIpc) is 2.58. The molecule has 0 aromatic carbocycles. The molecule has 5 heteroatoms. The van der Waals surface area contributed by atoms with E-state index in [1.54, 1.807) is 4.90 Å². The lowest BCUT2D eigenvalue weighted by Crippen LogP contribution is -2.54. The number of aliphatic hydroxyl groups excluding tert-OH is 1. The number of likely N-dealkylation sites (tertiary alicyclic amines) is 1. The first kappa shape index (κ1) is 14.0. The Kier molecular flexibility index (Phi) is 4.14. The molecule has 0 spiro atoms. The van der Waals surface area contributed by atoms with E-state index in [-0.39, 0.29) is 17.2 Å². The van der Waals surface area contributed by atoms with Gasteiger partial charge in [-0.15, -0.1) is 0 Å². The first-order chi connectivity index (χ1) is 7.71. The zero-order valence-electron chi connectivity index (χ0n) is 11.0. The fourth-order valence-corrected chi connectivity index (χ4v) is 1.98. The van der Waals surface area contributed by atoms with Gasteiger partial charge in [0.05, 0.1) is 6.10 Å². The molecule has 17 heavy (non-hydrogen) atoms. The van der Waals surface area contributed by atoms with Crippen LogP contribution in [0.15, 0.2) is 0 Å². The predicted octanol–water partition coefficient (Wildman–Crippen LogP) is 0.130. The third kappa shape index (κ3) is 3.70. The van der Waals surface area contributed by atoms with Crippen LogP contribution in [-0.2, 0) is 9.59 Å². The highest BCUT2D eigenvalue weighted by atomic mass is 16.3. The van der Waals surface area contributed by atoms with Gasteiger partial charge in [0.2, 0.25) is 11.8 Å². The number of nitrogens with one attached hydrogen (secondary N) is 1. The maximum Gasteiger partial charge on any atom is 0.245 e. The van der Waals surface area contributed by atoms with Crippen molar-refractivity contribution in [2.75, 3.05) is 13.1 Å². The number of carbonyl (C=O) groups is 2. The van der Waals surface area contributed by atoms with E-state index < -0.39 is 12.1 Å². The van der Waals surface area contributed by atoms with Crippen LogP contribution in [0.4, 0.5) is 0 Å². The van der Waals surface area contributed by atoms with Crippen molar-refractivity contribution < 1.29 is 14.7 Å². The molecule has 0 aromatic rings. The van der Waals surface area contributed by atoms with E-state index in [4.69, 9.17) is 0 Å². The van der Waals surface area contributed by atoms with Crippen LogP contribution in [0.3, 0.4) is 0 Å². The zero-order chi connectivity index (χ0) is 13.2. The molecule has 1 heterocycles. The molecule has 1 fully saturated rings. The van der Waals surface area contributed by atoms with Crippen LogP contribution in [0.25, 0.3) is 0 Å². The number of hydrogen-bond acceptors (Lipinski definition) is 3. The van der Waals surface area contributed by atoms with Crippen molar-refractivity contribution in [3.05, 3.63) is 0 Å². The van der Waals surface area contributed by atoms with E-state index >= 15 is 0 Å². The monoisotopic (exact) mass is 242 g/mol. The van der Waals surface area contributed by atoms with Gasteiger partial charge in [-0.1, -0.05) is 20.8 Å². The largest absolute Gasteiger partial charge is 0.391 e. The second-order valence-electron chi connectivity index (χ2n) is 5.73. The van der Waals surface area contributed by atoms with E-state index in [0.717, 1.165) is 0 Å². The van der Waals surface area contributed by atoms with Gasteiger partial charge in [0.1, 0.15) is 6.04 Å². The Bertz CT molecular complexity index is 309. The number of hydrogen-bond donors (Lipinski definition) is 2. The molecule has 1 aliphatic heterocycles. The number of β-amino-alcohol motifs (C(OH)–C–C–N with tert-alkyl or cyclic N) is 1. The first-order valence-corrected chi connectivity index (χ1v) is 5.96. The molecule has 0 radical (unpaired) electrons. The summed E-state index contributed by atoms with van der Waals surface area (Å²) >= 11 is 0. The van der Waals surface area contributed by atoms with Gasteiger partial charge in [-0.3, -0.25) is 9.59 Å². The number of carbonyl (C=O) groups excluding carboxylic acids is 2. The van der Waals surface area contributed by atoms with Crippen LogP contribution < -0.4 is 5.32 Å². The molecule has 5 nitrogen and oxygen atoms in total. The molecule has 0 bridgehead atoms. The van der Waals surface area contributed by atoms with Gasteiger partial charge in [0.15, 0.2) is 0 Å². The van der Waals surface area contributed by atoms with Gasteiger partial charge in [0.25, 0.3) is 0 Å². The Morgan fingerprint density at radius 1 is 1.41 bits per heavy atom. The van der Waals surface area contributed by atoms with Crippen molar-refractivity contribution in [3.8, 4) is 0 Å². The summed E-state index contributed by atoms with van der Waals surface area (Å²) in [6.07, 6.45) is 0.180. The summed E-state index contributed by atoms with van der Waals surface area (Å²) in [6, 6.07) is -0.537. The molecular formula is C12H22N2O3. The van der Waals surface area contributed by atoms with Gasteiger partial charge in [-0.2, -0.15) is 0 Å². The van der Waals surface area contributed by atoms with E-state index in [1.165, 1.54) is 6.92 Å². The van der Waals surface area contributed by atoms with Crippen LogP contribution in [0.5, 0.6) is 0 Å². The van der Waals surface area contributed by atoms with Crippen LogP contribution in [0.2, 0.25) is 0 Å². The molecule has 2 amide bonds. The number of nitrogens with zero attached hydrogens (tertiary/aromatic N) is 1. The fourth-order valence-electron chi connectivity index (χ4n) is 1.98. The minimum absolute atomic E-state index is 0.107. The molecule has 2 N–H and O–H groups in total. The summed E-state index contributed by atoms with van der Waals surface area (Å²) in [5, 5.41) is 12.1. The molecule has 0 saturated carbocycles. The lowest BCUT2D eigenvalue weighted by Gasteiger charge is -2.33. The highest BCUT2D eigenvalue weighted by Gasteiger charge is 2.37. The third-order valence-electron chi connectivity index (χ3n) is 2.94. The molecule has 0 unspecified atom stereocenters. The molecule has 1 saturated heterocycles. The van der Waals surface area contributed by atoms with Crippen LogP contribution in [-0.4, -0.2) is 47.1 Å². The Hall–Kier alpha value is -1.10. The van der Waals surface area contributed by atoms with Crippen molar-refractivity contribution in [2.24, 2.45) is 5.41 Å². The molecule has 98 valence electrons. The second-order valence-corrected chi connectivity index (χ2v) is 5.73. The number of aliphatic hydroxyl groups is 1. The minimum atomic E-state index is -0.537. The Balaban J connectivity index is 2.76. The van der Waals surface area contributed by atoms with Crippen LogP contribution >= 0.6 is 0 Å². The second kappa shape index (κ2) is 5.04. The minimum Gasteiger partial charge on any atom is -0.391 e. The fraction of sp³-hybridized carbons (Fsp3) is 0.833. The predicted molar refractivity (Wildman–Crippen MR) is 64.3 cm³/mol. The van der Waals surface area contributed by atoms with Crippen LogP contribution in [0, 0.1) is 5.41 Å². The summed E-state index contributed by atoms with van der Waals surface area (Å²) in [7, 11) is 0. The lowest BCUT2D eigenvalue weighted by atomic mass is 9.85. The summed E-state index contributed by atoms with van der Waals surface area (Å²) in [4.78, 5) is 25.0. The van der Waals surface area contributed by atoms with Gasteiger partial charge < -0.3 is 15.3 Å². The average molecular weight is 242 g/mol. The maximum absolute atomic E-state index is 12.3. The topological polar surface area (TPSA) is 69.6 Å². The molecule has 0 aromatic heterocycles. The number of amides is 2. The van der Waals surface area contributed by atoms with Crippen LogP contribution in [0.1, 0.15) is 34.1 Å². The number of rotatable bonds is 2. The molecule has 1 rings (SSSR count). The van der Waals surface area contributed by atoms with Crippen molar-refractivity contribution in [1.29, 1.82) is 0 Å². The van der Waals surface area contributed by atoms with Gasteiger partial charge >= 0.3 is 0 Å². The summed E-state index contributed by atoms with van der Waals surface area (Å²) < 4.78 is 0. The third-order valence-corrected chi connectivity index (χ3v) is 2.94. The van der Waals surface area contributed by atoms with Gasteiger partial charge in [0, 0.05) is 20.0 Å². The van der Waals surface area contributed by atoms with E-state index in [0.29, 0.717) is 19.5 Å². The first-order valence-electron chi connectivity index (χ1n) is 5.96. The lowest BCUT2D eigenvalue weighted by molar-refractivity contribution is -0.138. The van der Waals surface area contributed by atoms with Crippen molar-refractivity contribution >= 4 is 11.8 Å². The highest BCUT2D eigenvalue weighted by molar-refractivity contribution is 5.87.